The number of nitrogens with zero attached hydrogens (tertiary/aromatic N) is 3. The van der Waals surface area contributed by atoms with Gasteiger partial charge in [-0.05, 0) is 234 Å². The van der Waals surface area contributed by atoms with Crippen LogP contribution in [0.1, 0.15) is 26.3 Å². The Hall–Kier alpha value is -15.1. The van der Waals surface area contributed by atoms with E-state index in [4.69, 9.17) is 0 Å². The third-order valence-corrected chi connectivity index (χ3v) is 24.8. The summed E-state index contributed by atoms with van der Waals surface area (Å²) < 4.78 is 0. The predicted octanol–water partition coefficient (Wildman–Crippen LogP) is 30.1. The van der Waals surface area contributed by atoms with Crippen molar-refractivity contribution in [2.45, 2.75) is 26.2 Å². The van der Waals surface area contributed by atoms with E-state index in [1.807, 2.05) is 0 Å². The number of anilines is 9. The van der Waals surface area contributed by atoms with E-state index in [1.165, 1.54) is 54.3 Å². The van der Waals surface area contributed by atoms with Crippen LogP contribution in [0.25, 0.3) is 144 Å². The molecule has 22 rings (SSSR count). The highest BCUT2D eigenvalue weighted by atomic mass is 15.2. The maximum atomic E-state index is 2.73. The predicted molar refractivity (Wildman–Crippen MR) is 512 cm³/mol. The van der Waals surface area contributed by atoms with Crippen LogP contribution in [0.3, 0.4) is 0 Å². The van der Waals surface area contributed by atoms with Gasteiger partial charge in [-0.15, -0.1) is 0 Å². The van der Waals surface area contributed by atoms with Crippen LogP contribution < -0.4 is 31.1 Å². The highest BCUT2D eigenvalue weighted by Gasteiger charge is 2.46. The van der Waals surface area contributed by atoms with Gasteiger partial charge in [-0.25, -0.2) is 0 Å². The quantitative estimate of drug-likeness (QED) is 0.0748. The van der Waals surface area contributed by atoms with Crippen molar-refractivity contribution in [3.05, 3.63) is 448 Å². The Morgan fingerprint density at radius 2 is 0.500 bits per heavy atom. The van der Waals surface area contributed by atoms with Crippen LogP contribution in [0, 0.1) is 0 Å². The third-order valence-electron chi connectivity index (χ3n) is 24.8. The summed E-state index contributed by atoms with van der Waals surface area (Å²) in [6, 6.07) is 167. The summed E-state index contributed by atoms with van der Waals surface area (Å²) in [5.74, 6) is 0. The summed E-state index contributed by atoms with van der Waals surface area (Å²) in [6.07, 6.45) is 0. The second-order valence-corrected chi connectivity index (χ2v) is 33.1. The van der Waals surface area contributed by atoms with E-state index < -0.39 is 0 Å². The molecule has 3 nitrogen and oxygen atoms in total. The van der Waals surface area contributed by atoms with Crippen LogP contribution in [-0.4, -0.2) is 6.71 Å². The fourth-order valence-electron chi connectivity index (χ4n) is 19.0. The normalized spacial score (nSPS) is 12.2. The molecule has 0 saturated carbocycles. The SMILES string of the molecule is CC(C)(C)c1cc2ccc3cc(-c4ccc5c(c4)N(c4c(-c6ccccc6)cc(-c6ccccc6)cc4-c4ccccc4)c4cc(N(c6ccc(-c7ccccc7)cc6)c6ccc(-c7ccccc7)cc6)cc6c4B5c4cc(-c5ccccc5)ccc4N6c4c(-c5ccccc5)cc(-c5ccccc5)cc4-c4ccccc4)cc4ccc(c1)c2c34. The fraction of sp³-hybridized carbons (Fsp3) is 0.0345. The molecule has 0 unspecified atom stereocenters. The van der Waals surface area contributed by atoms with Gasteiger partial charge in [0.2, 0.25) is 0 Å². The van der Waals surface area contributed by atoms with Gasteiger partial charge in [-0.1, -0.05) is 379 Å². The zero-order valence-electron chi connectivity index (χ0n) is 67.1. The minimum absolute atomic E-state index is 0.00497. The summed E-state index contributed by atoms with van der Waals surface area (Å²) >= 11 is 0. The first-order chi connectivity index (χ1) is 59.1. The van der Waals surface area contributed by atoms with Gasteiger partial charge in [0.15, 0.2) is 0 Å². The first-order valence-electron chi connectivity index (χ1n) is 41.8. The first-order valence-corrected chi connectivity index (χ1v) is 41.8. The molecule has 0 aliphatic carbocycles. The van der Waals surface area contributed by atoms with E-state index >= 15 is 0 Å². The standard InChI is InChI=1S/C116H82BN3/c1-116(2,3)97-67-92-51-49-90-65-94(66-91-50-52-93(68-97)112(92)111(90)91)89-57-63-105-108(74-89)120(115-103(86-45-27-11-28-46-86)71-96(81-39-21-8-22-40-81)72-104(115)87-47-29-12-30-48-87)110-76-100(118(98-59-53-82(54-60-98)77-31-13-4-14-32-77)99-61-55-83(56-62-99)78-33-15-5-16-34-78)75-109-113(110)117(105)106-73-88(79-35-17-6-18-36-79)58-64-107(106)119(109)114-101(84-41-23-9-24-42-84)69-95(80-37-19-7-20-38-80)70-102(114)85-43-25-10-26-44-85/h4-76H,1-3H3. The number of hydrogen-bond donors (Lipinski definition) is 0. The molecule has 0 fully saturated rings. The van der Waals surface area contributed by atoms with Crippen molar-refractivity contribution in [2.24, 2.45) is 0 Å². The molecule has 20 aromatic rings. The van der Waals surface area contributed by atoms with Crippen molar-refractivity contribution in [2.75, 3.05) is 14.7 Å². The zero-order chi connectivity index (χ0) is 79.9. The van der Waals surface area contributed by atoms with E-state index in [-0.39, 0.29) is 12.1 Å². The van der Waals surface area contributed by atoms with Crippen molar-refractivity contribution >= 4 is 107 Å². The summed E-state index contributed by atoms with van der Waals surface area (Å²) in [7, 11) is 0. The molecule has 0 aromatic heterocycles. The van der Waals surface area contributed by atoms with Crippen molar-refractivity contribution in [1.29, 1.82) is 0 Å². The number of benzene rings is 20. The van der Waals surface area contributed by atoms with Crippen LogP contribution in [0.15, 0.2) is 443 Å². The monoisotopic (exact) mass is 1530 g/mol. The molecule has 0 N–H and O–H groups in total. The zero-order valence-corrected chi connectivity index (χ0v) is 67.1. The second kappa shape index (κ2) is 29.6. The van der Waals surface area contributed by atoms with Crippen molar-refractivity contribution < 1.29 is 0 Å². The van der Waals surface area contributed by atoms with Gasteiger partial charge < -0.3 is 14.7 Å². The molecule has 2 heterocycles. The van der Waals surface area contributed by atoms with Crippen LogP contribution in [0.4, 0.5) is 51.2 Å². The molecule has 0 saturated heterocycles. The first kappa shape index (κ1) is 71.4. The van der Waals surface area contributed by atoms with Crippen molar-refractivity contribution in [3.63, 3.8) is 0 Å². The molecule has 2 aliphatic heterocycles. The Kier molecular flexibility index (Phi) is 17.6. The largest absolute Gasteiger partial charge is 0.310 e. The average molecular weight is 1530 g/mol. The maximum Gasteiger partial charge on any atom is 0.252 e. The Morgan fingerprint density at radius 3 is 0.867 bits per heavy atom. The smallest absolute Gasteiger partial charge is 0.252 e. The maximum absolute atomic E-state index is 2.73. The molecule has 564 valence electrons. The molecule has 0 bridgehead atoms. The lowest BCUT2D eigenvalue weighted by Gasteiger charge is -2.46. The third kappa shape index (κ3) is 12.6. The van der Waals surface area contributed by atoms with Gasteiger partial charge in [0.1, 0.15) is 0 Å². The lowest BCUT2D eigenvalue weighted by Crippen LogP contribution is -2.61. The fourth-order valence-corrected chi connectivity index (χ4v) is 19.0. The lowest BCUT2D eigenvalue weighted by atomic mass is 9.33. The van der Waals surface area contributed by atoms with E-state index in [0.717, 1.165) is 162 Å². The van der Waals surface area contributed by atoms with E-state index in [0.29, 0.717) is 0 Å². The molecular weight excluding hydrogens is 1450 g/mol. The number of fused-ring (bicyclic) bond motifs is 4. The molecule has 4 heteroatoms. The molecule has 20 aromatic carbocycles. The van der Waals surface area contributed by atoms with E-state index in [9.17, 15) is 0 Å². The summed E-state index contributed by atoms with van der Waals surface area (Å²) in [5.41, 5.74) is 36.9. The van der Waals surface area contributed by atoms with E-state index in [1.54, 1.807) is 0 Å². The average Bonchev–Trinajstić information content (AvgIpc) is 0.684. The summed E-state index contributed by atoms with van der Waals surface area (Å²) in [5, 5.41) is 7.61. The molecule has 120 heavy (non-hydrogen) atoms. The summed E-state index contributed by atoms with van der Waals surface area (Å²) in [4.78, 5) is 7.93. The Bertz CT molecular complexity index is 6970. The van der Waals surface area contributed by atoms with Gasteiger partial charge in [0.05, 0.1) is 17.1 Å². The number of hydrogen-bond acceptors (Lipinski definition) is 3. The van der Waals surface area contributed by atoms with Crippen LogP contribution in [0.2, 0.25) is 0 Å². The highest BCUT2D eigenvalue weighted by molar-refractivity contribution is 7.00. The molecule has 2 aliphatic rings. The molecular formula is C116H82BN3. The van der Waals surface area contributed by atoms with Crippen LogP contribution in [-0.2, 0) is 5.41 Å². The van der Waals surface area contributed by atoms with Crippen LogP contribution >= 0.6 is 0 Å². The Balaban J connectivity index is 0.910. The Labute approximate surface area is 702 Å². The second-order valence-electron chi connectivity index (χ2n) is 33.1. The molecule has 0 radical (unpaired) electrons. The van der Waals surface area contributed by atoms with E-state index in [2.05, 4.69) is 478 Å². The van der Waals surface area contributed by atoms with Crippen molar-refractivity contribution in [1.82, 2.24) is 0 Å². The lowest BCUT2D eigenvalue weighted by molar-refractivity contribution is 0.591. The minimum atomic E-state index is -0.334. The van der Waals surface area contributed by atoms with Gasteiger partial charge >= 0.3 is 0 Å². The topological polar surface area (TPSA) is 9.72 Å². The van der Waals surface area contributed by atoms with Gasteiger partial charge in [0, 0.05) is 56.4 Å². The van der Waals surface area contributed by atoms with Gasteiger partial charge in [0.25, 0.3) is 6.71 Å². The number of rotatable bonds is 15. The van der Waals surface area contributed by atoms with Gasteiger partial charge in [-0.2, -0.15) is 0 Å². The van der Waals surface area contributed by atoms with Crippen LogP contribution in [0.5, 0.6) is 0 Å². The Morgan fingerprint density at radius 1 is 0.208 bits per heavy atom. The molecule has 0 atom stereocenters. The van der Waals surface area contributed by atoms with Gasteiger partial charge in [-0.3, -0.25) is 0 Å². The summed E-state index contributed by atoms with van der Waals surface area (Å²) in [6.45, 7) is 6.62. The highest BCUT2D eigenvalue weighted by Crippen LogP contribution is 2.57. The minimum Gasteiger partial charge on any atom is -0.310 e. The molecule has 0 spiro atoms. The van der Waals surface area contributed by atoms with Crippen molar-refractivity contribution in [3.8, 4) is 111 Å². The molecule has 0 amide bonds.